The molecule has 2 nitrogen and oxygen atoms in total. The minimum atomic E-state index is 0.884. The fraction of sp³-hybridized carbons (Fsp3) is 0.167. The third kappa shape index (κ3) is 3.76. The predicted octanol–water partition coefficient (Wildman–Crippen LogP) is 4.60. The van der Waals surface area contributed by atoms with Crippen LogP contribution in [0.25, 0.3) is 0 Å². The minimum absolute atomic E-state index is 0.884. The van der Waals surface area contributed by atoms with Crippen molar-refractivity contribution in [1.82, 2.24) is 9.97 Å². The van der Waals surface area contributed by atoms with Gasteiger partial charge in [-0.05, 0) is 18.1 Å². The lowest BCUT2D eigenvalue weighted by molar-refractivity contribution is 1.01. The molecule has 0 atom stereocenters. The van der Waals surface area contributed by atoms with E-state index in [1.807, 2.05) is 12.1 Å². The Bertz CT molecular complexity index is 690. The topological polar surface area (TPSA) is 28.7 Å². The first kappa shape index (κ1) is 14.0. The number of hydrogen-bond donors (Lipinski definition) is 1. The van der Waals surface area contributed by atoms with E-state index in [1.165, 1.54) is 11.1 Å². The third-order valence-corrected chi connectivity index (χ3v) is 4.34. The van der Waals surface area contributed by atoms with Gasteiger partial charge < -0.3 is 4.98 Å². The molecule has 0 aliphatic rings. The van der Waals surface area contributed by atoms with Gasteiger partial charge in [-0.15, -0.1) is 0 Å². The fourth-order valence-corrected chi connectivity index (χ4v) is 3.12. The quantitative estimate of drug-likeness (QED) is 0.697. The van der Waals surface area contributed by atoms with E-state index in [0.717, 1.165) is 28.7 Å². The Kier molecular flexibility index (Phi) is 4.41. The second kappa shape index (κ2) is 6.64. The van der Waals surface area contributed by atoms with Crippen LogP contribution in [-0.4, -0.2) is 9.97 Å². The number of nitrogens with one attached hydrogen (secondary N) is 1. The Hall–Kier alpha value is -2.00. The maximum atomic E-state index is 4.73. The van der Waals surface area contributed by atoms with Crippen molar-refractivity contribution in [3.05, 3.63) is 83.2 Å². The van der Waals surface area contributed by atoms with Crippen LogP contribution in [-0.2, 0) is 12.2 Å². The summed E-state index contributed by atoms with van der Waals surface area (Å²) in [5.41, 5.74) is 4.92. The van der Waals surface area contributed by atoms with Crippen LogP contribution in [0.1, 0.15) is 22.5 Å². The number of aryl methyl sites for hydroxylation is 1. The summed E-state index contributed by atoms with van der Waals surface area (Å²) in [4.78, 5) is 8.11. The summed E-state index contributed by atoms with van der Waals surface area (Å²) < 4.78 is 0. The maximum absolute atomic E-state index is 4.73. The number of H-pyrrole nitrogens is 1. The van der Waals surface area contributed by atoms with Crippen LogP contribution in [0.5, 0.6) is 0 Å². The van der Waals surface area contributed by atoms with Crippen LogP contribution in [0.3, 0.4) is 0 Å². The van der Waals surface area contributed by atoms with Crippen molar-refractivity contribution in [1.29, 1.82) is 0 Å². The second-order valence-electron chi connectivity index (χ2n) is 5.05. The molecule has 1 aromatic heterocycles. The Morgan fingerprint density at radius 2 is 1.52 bits per heavy atom. The van der Waals surface area contributed by atoms with Gasteiger partial charge in [-0.1, -0.05) is 72.4 Å². The van der Waals surface area contributed by atoms with Gasteiger partial charge in [0.15, 0.2) is 5.16 Å². The number of hydrogen-bond acceptors (Lipinski definition) is 2. The molecule has 0 saturated carbocycles. The van der Waals surface area contributed by atoms with Crippen LogP contribution in [0, 0.1) is 6.92 Å². The number of aromatic amines is 1. The van der Waals surface area contributed by atoms with E-state index in [-0.39, 0.29) is 0 Å². The van der Waals surface area contributed by atoms with Gasteiger partial charge in [-0.25, -0.2) is 4.98 Å². The number of nitrogens with zero attached hydrogens (tertiary/aromatic N) is 1. The minimum Gasteiger partial charge on any atom is -0.337 e. The number of aromatic nitrogens is 2. The van der Waals surface area contributed by atoms with Crippen LogP contribution in [0.2, 0.25) is 0 Å². The largest absolute Gasteiger partial charge is 0.337 e. The number of imidazole rings is 1. The number of thioether (sulfide) groups is 1. The highest BCUT2D eigenvalue weighted by Gasteiger charge is 2.08. The molecule has 3 heteroatoms. The monoisotopic (exact) mass is 294 g/mol. The third-order valence-electron chi connectivity index (χ3n) is 3.40. The normalized spacial score (nSPS) is 10.7. The lowest BCUT2D eigenvalue weighted by Gasteiger charge is -1.99. The predicted molar refractivity (Wildman–Crippen MR) is 88.6 cm³/mol. The van der Waals surface area contributed by atoms with E-state index in [9.17, 15) is 0 Å². The van der Waals surface area contributed by atoms with E-state index in [0.29, 0.717) is 0 Å². The molecule has 0 fully saturated rings. The summed E-state index contributed by atoms with van der Waals surface area (Å²) in [7, 11) is 0. The zero-order chi connectivity index (χ0) is 14.5. The summed E-state index contributed by atoms with van der Waals surface area (Å²) in [6.07, 6.45) is 0.884. The highest BCUT2D eigenvalue weighted by atomic mass is 32.2. The highest BCUT2D eigenvalue weighted by Crippen LogP contribution is 2.22. The zero-order valence-corrected chi connectivity index (χ0v) is 12.9. The van der Waals surface area contributed by atoms with Gasteiger partial charge in [0.1, 0.15) is 0 Å². The zero-order valence-electron chi connectivity index (χ0n) is 12.0. The fourth-order valence-electron chi connectivity index (χ4n) is 2.22. The van der Waals surface area contributed by atoms with Crippen LogP contribution < -0.4 is 0 Å². The van der Waals surface area contributed by atoms with Crippen molar-refractivity contribution in [3.63, 3.8) is 0 Å². The smallest absolute Gasteiger partial charge is 0.166 e. The number of benzene rings is 2. The van der Waals surface area contributed by atoms with Crippen LogP contribution in [0.4, 0.5) is 0 Å². The molecule has 21 heavy (non-hydrogen) atoms. The molecule has 0 amide bonds. The van der Waals surface area contributed by atoms with Crippen molar-refractivity contribution < 1.29 is 0 Å². The van der Waals surface area contributed by atoms with E-state index in [2.05, 4.69) is 60.4 Å². The first-order valence-corrected chi connectivity index (χ1v) is 8.06. The molecule has 1 heterocycles. The first-order chi connectivity index (χ1) is 10.3. The summed E-state index contributed by atoms with van der Waals surface area (Å²) in [5.74, 6) is 0.943. The maximum Gasteiger partial charge on any atom is 0.166 e. The summed E-state index contributed by atoms with van der Waals surface area (Å²) >= 11 is 1.75. The second-order valence-corrected chi connectivity index (χ2v) is 6.01. The molecular formula is C18H18N2S. The Balaban J connectivity index is 1.67. The molecule has 0 aliphatic carbocycles. The lowest BCUT2D eigenvalue weighted by Crippen LogP contribution is -1.90. The molecule has 0 spiro atoms. The van der Waals surface area contributed by atoms with Gasteiger partial charge in [0.2, 0.25) is 0 Å². The van der Waals surface area contributed by atoms with Crippen LogP contribution in [0.15, 0.2) is 65.8 Å². The summed E-state index contributed by atoms with van der Waals surface area (Å²) in [6.45, 7) is 2.10. The first-order valence-electron chi connectivity index (χ1n) is 7.07. The van der Waals surface area contributed by atoms with Crippen LogP contribution >= 0.6 is 11.8 Å². The molecule has 0 bridgehead atoms. The van der Waals surface area contributed by atoms with Gasteiger partial charge >= 0.3 is 0 Å². The van der Waals surface area contributed by atoms with Gasteiger partial charge in [-0.3, -0.25) is 0 Å². The van der Waals surface area contributed by atoms with E-state index in [1.54, 1.807) is 11.8 Å². The Labute approximate surface area is 129 Å². The van der Waals surface area contributed by atoms with Crippen molar-refractivity contribution in [2.45, 2.75) is 24.3 Å². The van der Waals surface area contributed by atoms with Gasteiger partial charge in [0, 0.05) is 17.9 Å². The molecule has 3 aromatic rings. The molecule has 1 N–H and O–H groups in total. The van der Waals surface area contributed by atoms with Crippen molar-refractivity contribution in [2.24, 2.45) is 0 Å². The Morgan fingerprint density at radius 3 is 2.19 bits per heavy atom. The summed E-state index contributed by atoms with van der Waals surface area (Å²) in [5, 5.41) is 1.00. The van der Waals surface area contributed by atoms with Gasteiger partial charge in [0.05, 0.1) is 5.69 Å². The molecular weight excluding hydrogens is 276 g/mol. The van der Waals surface area contributed by atoms with E-state index >= 15 is 0 Å². The van der Waals surface area contributed by atoms with E-state index < -0.39 is 0 Å². The van der Waals surface area contributed by atoms with Crippen molar-refractivity contribution in [2.75, 3.05) is 0 Å². The molecule has 0 saturated heterocycles. The SMILES string of the molecule is Cc1[nH]c(SCc2ccccc2)nc1Cc1ccccc1. The Morgan fingerprint density at radius 1 is 0.905 bits per heavy atom. The molecule has 2 aromatic carbocycles. The van der Waals surface area contributed by atoms with E-state index in [4.69, 9.17) is 4.98 Å². The molecule has 3 rings (SSSR count). The average molecular weight is 294 g/mol. The highest BCUT2D eigenvalue weighted by molar-refractivity contribution is 7.98. The standard InChI is InChI=1S/C18H18N2S/c1-14-17(12-15-8-4-2-5-9-15)20-18(19-14)21-13-16-10-6-3-7-11-16/h2-11H,12-13H2,1H3,(H,19,20). The molecule has 0 radical (unpaired) electrons. The van der Waals surface area contributed by atoms with Gasteiger partial charge in [-0.2, -0.15) is 0 Å². The average Bonchev–Trinajstić information content (AvgIpc) is 2.87. The van der Waals surface area contributed by atoms with Crippen molar-refractivity contribution >= 4 is 11.8 Å². The lowest BCUT2D eigenvalue weighted by atomic mass is 10.1. The number of rotatable bonds is 5. The molecule has 0 aliphatic heterocycles. The van der Waals surface area contributed by atoms with Crippen molar-refractivity contribution in [3.8, 4) is 0 Å². The van der Waals surface area contributed by atoms with Gasteiger partial charge in [0.25, 0.3) is 0 Å². The molecule has 0 unspecified atom stereocenters. The summed E-state index contributed by atoms with van der Waals surface area (Å²) in [6, 6.07) is 21.0. The molecule has 106 valence electrons.